The van der Waals surface area contributed by atoms with Gasteiger partial charge in [0, 0.05) is 31.1 Å². The molecule has 1 saturated heterocycles. The smallest absolute Gasteiger partial charge is 0.243 e. The van der Waals surface area contributed by atoms with Gasteiger partial charge in [0.1, 0.15) is 11.5 Å². The molecule has 1 aromatic carbocycles. The van der Waals surface area contributed by atoms with Crippen LogP contribution >= 0.6 is 0 Å². The first-order valence-electron chi connectivity index (χ1n) is 8.65. The molecule has 0 radical (unpaired) electrons. The summed E-state index contributed by atoms with van der Waals surface area (Å²) in [6.07, 6.45) is 1.49. The van der Waals surface area contributed by atoms with Crippen molar-refractivity contribution in [2.24, 2.45) is 0 Å². The summed E-state index contributed by atoms with van der Waals surface area (Å²) in [7, 11) is -3.65. The summed E-state index contributed by atoms with van der Waals surface area (Å²) in [4.78, 5) is 11.3. The van der Waals surface area contributed by atoms with Gasteiger partial charge >= 0.3 is 0 Å². The van der Waals surface area contributed by atoms with E-state index in [0.717, 1.165) is 12.2 Å². The maximum atomic E-state index is 13.1. The first-order valence-corrected chi connectivity index (χ1v) is 10.1. The summed E-state index contributed by atoms with van der Waals surface area (Å²) < 4.78 is 33.0. The number of benzene rings is 1. The van der Waals surface area contributed by atoms with Crippen molar-refractivity contribution in [3.63, 3.8) is 0 Å². The number of rotatable bonds is 5. The summed E-state index contributed by atoms with van der Waals surface area (Å²) in [6.45, 7) is 5.86. The first-order chi connectivity index (χ1) is 12.3. The molecule has 1 amide bonds. The minimum absolute atomic E-state index is 0.198. The van der Waals surface area contributed by atoms with Gasteiger partial charge < -0.3 is 9.84 Å². The van der Waals surface area contributed by atoms with Crippen molar-refractivity contribution in [2.45, 2.75) is 50.5 Å². The third-order valence-corrected chi connectivity index (χ3v) is 6.36. The van der Waals surface area contributed by atoms with Gasteiger partial charge in [0.25, 0.3) is 0 Å². The molecule has 1 atom stereocenters. The molecule has 3 rings (SSSR count). The van der Waals surface area contributed by atoms with E-state index in [1.165, 1.54) is 23.4 Å². The van der Waals surface area contributed by atoms with Crippen LogP contribution in [0.25, 0.3) is 0 Å². The topological polar surface area (TPSA) is 92.5 Å². The second-order valence-electron chi connectivity index (χ2n) is 6.79. The summed E-state index contributed by atoms with van der Waals surface area (Å²) in [6, 6.07) is 7.74. The molecule has 0 aliphatic carbocycles. The van der Waals surface area contributed by atoms with E-state index >= 15 is 0 Å². The van der Waals surface area contributed by atoms with Gasteiger partial charge in [-0.2, -0.15) is 4.31 Å². The van der Waals surface area contributed by atoms with Crippen LogP contribution in [0.15, 0.2) is 39.8 Å². The summed E-state index contributed by atoms with van der Waals surface area (Å²) in [5.41, 5.74) is 1.22. The maximum absolute atomic E-state index is 13.1. The predicted molar refractivity (Wildman–Crippen MR) is 97.2 cm³/mol. The first kappa shape index (κ1) is 18.6. The number of hydrogen-bond acceptors (Lipinski definition) is 5. The molecular formula is C18H23N3O4S. The highest BCUT2D eigenvalue weighted by atomic mass is 32.2. The van der Waals surface area contributed by atoms with Gasteiger partial charge in [-0.05, 0) is 37.1 Å². The molecule has 7 nitrogen and oxygen atoms in total. The largest absolute Gasteiger partial charge is 0.361 e. The zero-order valence-electron chi connectivity index (χ0n) is 15.1. The molecule has 1 fully saturated rings. The van der Waals surface area contributed by atoms with E-state index in [0.29, 0.717) is 24.3 Å². The van der Waals surface area contributed by atoms with Crippen LogP contribution in [0.2, 0.25) is 0 Å². The highest BCUT2D eigenvalue weighted by molar-refractivity contribution is 7.89. The van der Waals surface area contributed by atoms with Crippen LogP contribution in [0.5, 0.6) is 0 Å². The average molecular weight is 377 g/mol. The average Bonchev–Trinajstić information content (AvgIpc) is 3.24. The van der Waals surface area contributed by atoms with Crippen molar-refractivity contribution in [1.82, 2.24) is 9.46 Å². The number of aromatic nitrogens is 1. The number of nitrogens with one attached hydrogen (secondary N) is 1. The van der Waals surface area contributed by atoms with Crippen LogP contribution < -0.4 is 5.32 Å². The molecule has 0 bridgehead atoms. The number of anilines is 1. The zero-order chi connectivity index (χ0) is 18.9. The van der Waals surface area contributed by atoms with Crippen LogP contribution in [0.1, 0.15) is 57.0 Å². The molecule has 0 spiro atoms. The van der Waals surface area contributed by atoms with Crippen molar-refractivity contribution >= 4 is 21.6 Å². The van der Waals surface area contributed by atoms with Crippen molar-refractivity contribution in [3.8, 4) is 0 Å². The Morgan fingerprint density at radius 1 is 1.31 bits per heavy atom. The van der Waals surface area contributed by atoms with E-state index in [-0.39, 0.29) is 22.8 Å². The van der Waals surface area contributed by atoms with E-state index in [4.69, 9.17) is 4.52 Å². The van der Waals surface area contributed by atoms with Crippen molar-refractivity contribution < 1.29 is 17.7 Å². The minimum atomic E-state index is -3.65. The van der Waals surface area contributed by atoms with Gasteiger partial charge in [-0.25, -0.2) is 8.42 Å². The number of nitrogens with zero attached hydrogens (tertiary/aromatic N) is 2. The van der Waals surface area contributed by atoms with E-state index in [2.05, 4.69) is 10.5 Å². The zero-order valence-corrected chi connectivity index (χ0v) is 15.9. The fraction of sp³-hybridized carbons (Fsp3) is 0.444. The van der Waals surface area contributed by atoms with Gasteiger partial charge in [0.05, 0.1) is 10.9 Å². The highest BCUT2D eigenvalue weighted by Gasteiger charge is 2.38. The summed E-state index contributed by atoms with van der Waals surface area (Å²) in [5, 5.41) is 6.73. The number of amides is 1. The van der Waals surface area contributed by atoms with Crippen molar-refractivity contribution in [2.75, 3.05) is 11.9 Å². The van der Waals surface area contributed by atoms with Crippen LogP contribution in [0, 0.1) is 0 Å². The Morgan fingerprint density at radius 3 is 2.58 bits per heavy atom. The van der Waals surface area contributed by atoms with Crippen molar-refractivity contribution in [3.05, 3.63) is 41.8 Å². The monoisotopic (exact) mass is 377 g/mol. The quantitative estimate of drug-likeness (QED) is 0.863. The molecule has 2 aromatic rings. The summed E-state index contributed by atoms with van der Waals surface area (Å²) in [5.74, 6) is 0.750. The second kappa shape index (κ2) is 7.20. The van der Waals surface area contributed by atoms with E-state index in [1.54, 1.807) is 12.1 Å². The SMILES string of the molecule is CC(=O)Nc1ccc(S(=O)(=O)N2CCC[C@H]2c2cc(C(C)C)on2)cc1. The van der Waals surface area contributed by atoms with Crippen LogP contribution in [0.4, 0.5) is 5.69 Å². The lowest BCUT2D eigenvalue weighted by atomic mass is 10.1. The Kier molecular flexibility index (Phi) is 5.15. The molecule has 1 N–H and O–H groups in total. The molecule has 140 valence electrons. The molecule has 0 saturated carbocycles. The number of sulfonamides is 1. The maximum Gasteiger partial charge on any atom is 0.243 e. The van der Waals surface area contributed by atoms with E-state index in [1.807, 2.05) is 19.9 Å². The number of carbonyl (C=O) groups excluding carboxylic acids is 1. The number of hydrogen-bond donors (Lipinski definition) is 1. The van der Waals surface area contributed by atoms with Gasteiger partial charge in [-0.1, -0.05) is 19.0 Å². The van der Waals surface area contributed by atoms with Crippen LogP contribution in [-0.4, -0.2) is 30.3 Å². The molecule has 1 aliphatic rings. The van der Waals surface area contributed by atoms with Crippen molar-refractivity contribution in [1.29, 1.82) is 0 Å². The fourth-order valence-corrected chi connectivity index (χ4v) is 4.77. The Hall–Kier alpha value is -2.19. The lowest BCUT2D eigenvalue weighted by Gasteiger charge is -2.22. The lowest BCUT2D eigenvalue weighted by Crippen LogP contribution is -2.30. The Balaban J connectivity index is 1.86. The molecule has 8 heteroatoms. The minimum Gasteiger partial charge on any atom is -0.361 e. The van der Waals surface area contributed by atoms with Gasteiger partial charge in [-0.15, -0.1) is 0 Å². The normalized spacial score (nSPS) is 18.4. The molecule has 26 heavy (non-hydrogen) atoms. The van der Waals surface area contributed by atoms with Gasteiger partial charge in [-0.3, -0.25) is 4.79 Å². The Labute approximate surface area is 153 Å². The van der Waals surface area contributed by atoms with Gasteiger partial charge in [0.15, 0.2) is 0 Å². The fourth-order valence-electron chi connectivity index (χ4n) is 3.11. The van der Waals surface area contributed by atoms with E-state index in [9.17, 15) is 13.2 Å². The predicted octanol–water partition coefficient (Wildman–Crippen LogP) is 3.28. The van der Waals surface area contributed by atoms with Crippen LogP contribution in [0.3, 0.4) is 0 Å². The third kappa shape index (κ3) is 3.66. The molecule has 2 heterocycles. The highest BCUT2D eigenvalue weighted by Crippen LogP contribution is 2.37. The standard InChI is InChI=1S/C18H23N3O4S/c1-12(2)18-11-16(20-25-18)17-5-4-10-21(17)26(23,24)15-8-6-14(7-9-15)19-13(3)22/h6-9,11-12,17H,4-5,10H2,1-3H3,(H,19,22)/t17-/m0/s1. The second-order valence-corrected chi connectivity index (χ2v) is 8.68. The molecule has 0 unspecified atom stereocenters. The Bertz CT molecular complexity index is 887. The molecule has 1 aromatic heterocycles. The molecule has 1 aliphatic heterocycles. The van der Waals surface area contributed by atoms with E-state index < -0.39 is 10.0 Å². The van der Waals surface area contributed by atoms with Crippen LogP contribution in [-0.2, 0) is 14.8 Å². The Morgan fingerprint density at radius 2 is 2.00 bits per heavy atom. The third-order valence-electron chi connectivity index (χ3n) is 4.44. The summed E-state index contributed by atoms with van der Waals surface area (Å²) >= 11 is 0. The van der Waals surface area contributed by atoms with Gasteiger partial charge in [0.2, 0.25) is 15.9 Å². The molecular weight excluding hydrogens is 354 g/mol. The lowest BCUT2D eigenvalue weighted by molar-refractivity contribution is -0.114. The number of carbonyl (C=O) groups is 1.